The number of aromatic nitrogens is 3. The predicted molar refractivity (Wildman–Crippen MR) is 69.6 cm³/mol. The summed E-state index contributed by atoms with van der Waals surface area (Å²) in [7, 11) is 1.57. The Labute approximate surface area is 113 Å². The molecule has 2 rings (SSSR count). The average molecular weight is 277 g/mol. The number of hydrogen-bond acceptors (Lipinski definition) is 3. The molecule has 0 aliphatic heterocycles. The SMILES string of the molecule is Cn1cnn(Cc2ccc(F)cc2/C=C/C(=O)O)c1=O. The van der Waals surface area contributed by atoms with Crippen molar-refractivity contribution in [1.29, 1.82) is 0 Å². The maximum absolute atomic E-state index is 13.2. The highest BCUT2D eigenvalue weighted by atomic mass is 19.1. The van der Waals surface area contributed by atoms with Gasteiger partial charge in [0.25, 0.3) is 0 Å². The van der Waals surface area contributed by atoms with Gasteiger partial charge in [-0.1, -0.05) is 6.07 Å². The smallest absolute Gasteiger partial charge is 0.345 e. The van der Waals surface area contributed by atoms with Gasteiger partial charge in [0, 0.05) is 13.1 Å². The highest BCUT2D eigenvalue weighted by molar-refractivity contribution is 5.85. The lowest BCUT2D eigenvalue weighted by atomic mass is 10.1. The van der Waals surface area contributed by atoms with E-state index >= 15 is 0 Å². The lowest BCUT2D eigenvalue weighted by molar-refractivity contribution is -0.131. The Hall–Kier alpha value is -2.70. The Bertz CT molecular complexity index is 731. The number of nitrogens with zero attached hydrogens (tertiary/aromatic N) is 3. The molecule has 20 heavy (non-hydrogen) atoms. The van der Waals surface area contributed by atoms with Gasteiger partial charge >= 0.3 is 11.7 Å². The predicted octanol–water partition coefficient (Wildman–Crippen LogP) is 0.867. The number of halogens is 1. The summed E-state index contributed by atoms with van der Waals surface area (Å²) in [5.74, 6) is -1.61. The molecule has 0 amide bonds. The Kier molecular flexibility index (Phi) is 3.79. The average Bonchev–Trinajstić information content (AvgIpc) is 2.71. The van der Waals surface area contributed by atoms with Gasteiger partial charge in [0.05, 0.1) is 6.54 Å². The van der Waals surface area contributed by atoms with Crippen molar-refractivity contribution in [3.05, 3.63) is 58.0 Å². The molecule has 1 aromatic heterocycles. The molecule has 0 saturated heterocycles. The van der Waals surface area contributed by atoms with Gasteiger partial charge in [-0.05, 0) is 29.3 Å². The minimum Gasteiger partial charge on any atom is -0.478 e. The third-order valence-corrected chi connectivity index (χ3v) is 2.72. The normalized spacial score (nSPS) is 11.1. The number of rotatable bonds is 4. The molecule has 0 unspecified atom stereocenters. The molecule has 0 bridgehead atoms. The van der Waals surface area contributed by atoms with Crippen LogP contribution in [-0.2, 0) is 18.4 Å². The summed E-state index contributed by atoms with van der Waals surface area (Å²) in [4.78, 5) is 22.2. The zero-order valence-electron chi connectivity index (χ0n) is 10.7. The van der Waals surface area contributed by atoms with Crippen molar-refractivity contribution in [1.82, 2.24) is 14.3 Å². The highest BCUT2D eigenvalue weighted by Crippen LogP contribution is 2.14. The van der Waals surface area contributed by atoms with Crippen molar-refractivity contribution >= 4 is 12.0 Å². The minimum atomic E-state index is -1.13. The van der Waals surface area contributed by atoms with Crippen LogP contribution in [0.25, 0.3) is 6.08 Å². The molecular formula is C13H12FN3O3. The van der Waals surface area contributed by atoms with E-state index in [2.05, 4.69) is 5.10 Å². The topological polar surface area (TPSA) is 77.1 Å². The van der Waals surface area contributed by atoms with Crippen LogP contribution in [0.4, 0.5) is 4.39 Å². The van der Waals surface area contributed by atoms with Crippen LogP contribution in [0.5, 0.6) is 0 Å². The van der Waals surface area contributed by atoms with Crippen LogP contribution >= 0.6 is 0 Å². The van der Waals surface area contributed by atoms with E-state index in [0.717, 1.165) is 6.08 Å². The molecule has 0 fully saturated rings. The zero-order valence-corrected chi connectivity index (χ0v) is 10.7. The molecule has 0 aliphatic rings. The van der Waals surface area contributed by atoms with Crippen LogP contribution in [0.15, 0.2) is 35.4 Å². The third-order valence-electron chi connectivity index (χ3n) is 2.72. The lowest BCUT2D eigenvalue weighted by Crippen LogP contribution is -2.23. The second-order valence-corrected chi connectivity index (χ2v) is 4.20. The lowest BCUT2D eigenvalue weighted by Gasteiger charge is -2.05. The Morgan fingerprint density at radius 3 is 2.85 bits per heavy atom. The molecule has 0 radical (unpaired) electrons. The molecule has 104 valence electrons. The second kappa shape index (κ2) is 5.52. The first-order valence-corrected chi connectivity index (χ1v) is 5.75. The maximum atomic E-state index is 13.2. The number of carboxylic acid groups (broad SMARTS) is 1. The fraction of sp³-hybridized carbons (Fsp3) is 0.154. The van der Waals surface area contributed by atoms with Gasteiger partial charge < -0.3 is 5.11 Å². The number of carboxylic acids is 1. The second-order valence-electron chi connectivity index (χ2n) is 4.20. The number of aryl methyl sites for hydroxylation is 1. The van der Waals surface area contributed by atoms with Crippen molar-refractivity contribution in [2.75, 3.05) is 0 Å². The van der Waals surface area contributed by atoms with Gasteiger partial charge in [0.15, 0.2) is 0 Å². The van der Waals surface area contributed by atoms with E-state index in [1.165, 1.54) is 39.9 Å². The van der Waals surface area contributed by atoms with E-state index in [1.807, 2.05) is 0 Å². The summed E-state index contributed by atoms with van der Waals surface area (Å²) >= 11 is 0. The van der Waals surface area contributed by atoms with Crippen molar-refractivity contribution in [3.8, 4) is 0 Å². The van der Waals surface area contributed by atoms with Crippen LogP contribution in [0.3, 0.4) is 0 Å². The van der Waals surface area contributed by atoms with Crippen molar-refractivity contribution < 1.29 is 14.3 Å². The van der Waals surface area contributed by atoms with E-state index in [4.69, 9.17) is 5.11 Å². The van der Waals surface area contributed by atoms with Crippen molar-refractivity contribution in [3.63, 3.8) is 0 Å². The van der Waals surface area contributed by atoms with Crippen LogP contribution in [0.1, 0.15) is 11.1 Å². The Morgan fingerprint density at radius 2 is 2.25 bits per heavy atom. The molecule has 6 nitrogen and oxygen atoms in total. The molecule has 1 heterocycles. The van der Waals surface area contributed by atoms with Crippen LogP contribution in [0, 0.1) is 5.82 Å². The standard InChI is InChI=1S/C13H12FN3O3/c1-16-8-15-17(13(16)20)7-10-2-4-11(14)6-9(10)3-5-12(18)19/h2-6,8H,7H2,1H3,(H,18,19)/b5-3+. The molecular weight excluding hydrogens is 265 g/mol. The van der Waals surface area contributed by atoms with Crippen molar-refractivity contribution in [2.45, 2.75) is 6.54 Å². The van der Waals surface area contributed by atoms with E-state index in [-0.39, 0.29) is 12.2 Å². The molecule has 2 aromatic rings. The Morgan fingerprint density at radius 1 is 1.50 bits per heavy atom. The summed E-state index contributed by atoms with van der Waals surface area (Å²) in [5.41, 5.74) is 0.692. The van der Waals surface area contributed by atoms with Crippen molar-refractivity contribution in [2.24, 2.45) is 7.05 Å². The number of carbonyl (C=O) groups is 1. The van der Waals surface area contributed by atoms with E-state index < -0.39 is 11.8 Å². The number of hydrogen-bond donors (Lipinski definition) is 1. The summed E-state index contributed by atoms with van der Waals surface area (Å²) < 4.78 is 15.8. The zero-order chi connectivity index (χ0) is 14.7. The van der Waals surface area contributed by atoms with Crippen LogP contribution < -0.4 is 5.69 Å². The first-order valence-electron chi connectivity index (χ1n) is 5.75. The molecule has 0 aliphatic carbocycles. The van der Waals surface area contributed by atoms with E-state index in [0.29, 0.717) is 11.1 Å². The molecule has 0 atom stereocenters. The van der Waals surface area contributed by atoms with E-state index in [9.17, 15) is 14.0 Å². The molecule has 1 N–H and O–H groups in total. The largest absolute Gasteiger partial charge is 0.478 e. The van der Waals surface area contributed by atoms with E-state index in [1.54, 1.807) is 7.05 Å². The monoisotopic (exact) mass is 277 g/mol. The van der Waals surface area contributed by atoms with Crippen LogP contribution in [-0.4, -0.2) is 25.4 Å². The maximum Gasteiger partial charge on any atom is 0.345 e. The molecule has 1 aromatic carbocycles. The summed E-state index contributed by atoms with van der Waals surface area (Å²) in [5, 5.41) is 12.5. The van der Waals surface area contributed by atoms with Gasteiger partial charge in [0.1, 0.15) is 12.1 Å². The van der Waals surface area contributed by atoms with Gasteiger partial charge in [0.2, 0.25) is 0 Å². The van der Waals surface area contributed by atoms with Gasteiger partial charge in [-0.2, -0.15) is 5.10 Å². The fourth-order valence-corrected chi connectivity index (χ4v) is 1.72. The fourth-order valence-electron chi connectivity index (χ4n) is 1.72. The molecule has 0 saturated carbocycles. The molecule has 7 heteroatoms. The minimum absolute atomic E-state index is 0.138. The highest BCUT2D eigenvalue weighted by Gasteiger charge is 2.07. The third kappa shape index (κ3) is 3.00. The summed E-state index contributed by atoms with van der Waals surface area (Å²) in [6.45, 7) is 0.138. The molecule has 0 spiro atoms. The Balaban J connectivity index is 2.38. The van der Waals surface area contributed by atoms with Gasteiger partial charge in [-0.3, -0.25) is 4.57 Å². The van der Waals surface area contributed by atoms with Gasteiger partial charge in [-0.15, -0.1) is 0 Å². The number of benzene rings is 1. The van der Waals surface area contributed by atoms with Crippen LogP contribution in [0.2, 0.25) is 0 Å². The van der Waals surface area contributed by atoms with Gasteiger partial charge in [-0.25, -0.2) is 18.7 Å². The first kappa shape index (κ1) is 13.7. The summed E-state index contributed by atoms with van der Waals surface area (Å²) in [6.07, 6.45) is 3.58. The quantitative estimate of drug-likeness (QED) is 0.841. The number of aliphatic carboxylic acids is 1. The first-order chi connectivity index (χ1) is 9.47. The summed E-state index contributed by atoms with van der Waals surface area (Å²) in [6, 6.07) is 3.96.